The smallest absolute Gasteiger partial charge is 0.175 e. The first-order chi connectivity index (χ1) is 5.95. The van der Waals surface area contributed by atoms with Crippen molar-refractivity contribution in [3.8, 4) is 0 Å². The molecule has 0 aliphatic rings. The Labute approximate surface area is 84.8 Å². The highest BCUT2D eigenvalue weighted by atomic mass is 79.9. The van der Waals surface area contributed by atoms with Crippen molar-refractivity contribution in [3.05, 3.63) is 28.2 Å². The number of benzene rings is 1. The van der Waals surface area contributed by atoms with Gasteiger partial charge < -0.3 is 0 Å². The van der Waals surface area contributed by atoms with Gasteiger partial charge in [-0.2, -0.15) is 0 Å². The molecule has 0 amide bonds. The van der Waals surface area contributed by atoms with E-state index in [0.29, 0.717) is 16.3 Å². The zero-order valence-corrected chi connectivity index (χ0v) is 9.22. The Bertz CT molecular complexity index is 437. The maximum atomic E-state index is 11.1. The lowest BCUT2D eigenvalue weighted by atomic mass is 10.2. The van der Waals surface area contributed by atoms with Crippen LogP contribution in [0.3, 0.4) is 0 Å². The maximum absolute atomic E-state index is 11.1. The third kappa shape index (κ3) is 2.38. The molecule has 1 aromatic carbocycles. The lowest BCUT2D eigenvalue weighted by Gasteiger charge is -2.00. The van der Waals surface area contributed by atoms with E-state index in [0.717, 1.165) is 6.26 Å². The first kappa shape index (κ1) is 10.4. The first-order valence-corrected chi connectivity index (χ1v) is 6.08. The fourth-order valence-electron chi connectivity index (χ4n) is 0.843. The predicted molar refractivity (Wildman–Crippen MR) is 52.6 cm³/mol. The molecular weight excluding hydrogens is 256 g/mol. The molecule has 0 saturated carbocycles. The minimum absolute atomic E-state index is 0.151. The molecular formula is C8H7BrO3S. The van der Waals surface area contributed by atoms with Gasteiger partial charge in [0, 0.05) is 16.3 Å². The van der Waals surface area contributed by atoms with Crippen molar-refractivity contribution < 1.29 is 13.2 Å². The summed E-state index contributed by atoms with van der Waals surface area (Å²) in [6, 6.07) is 4.33. The standard InChI is InChI=1S/C8H7BrO3S/c1-13(11,12)7-2-3-8(9)6(4-7)5-10/h2-5H,1H3. The van der Waals surface area contributed by atoms with E-state index in [9.17, 15) is 13.2 Å². The number of aldehydes is 1. The molecule has 3 nitrogen and oxygen atoms in total. The summed E-state index contributed by atoms with van der Waals surface area (Å²) in [5.41, 5.74) is 0.336. The molecule has 1 aromatic rings. The maximum Gasteiger partial charge on any atom is 0.175 e. The fourth-order valence-corrected chi connectivity index (χ4v) is 1.84. The van der Waals surface area contributed by atoms with Crippen LogP contribution in [0.25, 0.3) is 0 Å². The molecule has 0 aromatic heterocycles. The lowest BCUT2D eigenvalue weighted by molar-refractivity contribution is 0.112. The third-order valence-electron chi connectivity index (χ3n) is 1.52. The van der Waals surface area contributed by atoms with Crippen LogP contribution in [0.15, 0.2) is 27.6 Å². The molecule has 0 aliphatic carbocycles. The van der Waals surface area contributed by atoms with Crippen LogP contribution in [-0.2, 0) is 9.84 Å². The Balaban J connectivity index is 3.38. The summed E-state index contributed by atoms with van der Waals surface area (Å²) in [6.07, 6.45) is 1.71. The highest BCUT2D eigenvalue weighted by Crippen LogP contribution is 2.19. The molecule has 0 unspecified atom stereocenters. The van der Waals surface area contributed by atoms with Gasteiger partial charge in [0.2, 0.25) is 0 Å². The summed E-state index contributed by atoms with van der Waals surface area (Å²) in [7, 11) is -3.23. The molecule has 0 atom stereocenters. The summed E-state index contributed by atoms with van der Waals surface area (Å²) in [5, 5.41) is 0. The minimum atomic E-state index is -3.23. The molecule has 0 spiro atoms. The number of sulfone groups is 1. The number of hydrogen-bond acceptors (Lipinski definition) is 3. The van der Waals surface area contributed by atoms with Gasteiger partial charge in [-0.05, 0) is 18.2 Å². The van der Waals surface area contributed by atoms with Gasteiger partial charge in [-0.25, -0.2) is 8.42 Å². The van der Waals surface area contributed by atoms with E-state index in [2.05, 4.69) is 15.9 Å². The number of carbonyl (C=O) groups is 1. The largest absolute Gasteiger partial charge is 0.298 e. The quantitative estimate of drug-likeness (QED) is 0.762. The van der Waals surface area contributed by atoms with Gasteiger partial charge in [-0.15, -0.1) is 0 Å². The zero-order chi connectivity index (χ0) is 10.1. The molecule has 0 aliphatic heterocycles. The van der Waals surface area contributed by atoms with E-state index >= 15 is 0 Å². The number of carbonyl (C=O) groups excluding carboxylic acids is 1. The van der Waals surface area contributed by atoms with Crippen molar-refractivity contribution >= 4 is 32.1 Å². The van der Waals surface area contributed by atoms with Gasteiger partial charge in [0.25, 0.3) is 0 Å². The van der Waals surface area contributed by atoms with Gasteiger partial charge in [0.1, 0.15) is 0 Å². The summed E-state index contributed by atoms with van der Waals surface area (Å²) >= 11 is 3.13. The van der Waals surface area contributed by atoms with Gasteiger partial charge in [0.15, 0.2) is 16.1 Å². The Morgan fingerprint density at radius 3 is 2.46 bits per heavy atom. The second-order valence-corrected chi connectivity index (χ2v) is 5.44. The second kappa shape index (κ2) is 3.59. The summed E-state index contributed by atoms with van der Waals surface area (Å²) < 4.78 is 22.8. The number of halogens is 1. The normalized spacial score (nSPS) is 11.2. The molecule has 1 rings (SSSR count). The minimum Gasteiger partial charge on any atom is -0.298 e. The van der Waals surface area contributed by atoms with E-state index in [4.69, 9.17) is 0 Å². The van der Waals surface area contributed by atoms with Crippen LogP contribution in [0, 0.1) is 0 Å². The molecule has 0 N–H and O–H groups in total. The lowest BCUT2D eigenvalue weighted by Crippen LogP contribution is -1.98. The third-order valence-corrected chi connectivity index (χ3v) is 3.35. The Kier molecular flexibility index (Phi) is 2.87. The van der Waals surface area contributed by atoms with E-state index in [-0.39, 0.29) is 4.90 Å². The van der Waals surface area contributed by atoms with E-state index in [1.54, 1.807) is 6.07 Å². The Hall–Kier alpha value is -0.680. The van der Waals surface area contributed by atoms with Crippen molar-refractivity contribution in [2.45, 2.75) is 4.90 Å². The highest BCUT2D eigenvalue weighted by molar-refractivity contribution is 9.10. The first-order valence-electron chi connectivity index (χ1n) is 3.40. The van der Waals surface area contributed by atoms with Crippen LogP contribution < -0.4 is 0 Å². The van der Waals surface area contributed by atoms with Gasteiger partial charge in [0.05, 0.1) is 4.90 Å². The summed E-state index contributed by atoms with van der Waals surface area (Å²) in [4.78, 5) is 10.6. The molecule has 0 bridgehead atoms. The van der Waals surface area contributed by atoms with E-state index < -0.39 is 9.84 Å². The molecule has 0 radical (unpaired) electrons. The number of rotatable bonds is 2. The fraction of sp³-hybridized carbons (Fsp3) is 0.125. The summed E-state index contributed by atoms with van der Waals surface area (Å²) in [6.45, 7) is 0. The molecule has 70 valence electrons. The Morgan fingerprint density at radius 2 is 2.00 bits per heavy atom. The molecule has 13 heavy (non-hydrogen) atoms. The van der Waals surface area contributed by atoms with Crippen LogP contribution >= 0.6 is 15.9 Å². The summed E-state index contributed by atoms with van der Waals surface area (Å²) in [5.74, 6) is 0. The molecule has 0 heterocycles. The van der Waals surface area contributed by atoms with Crippen LogP contribution in [0.2, 0.25) is 0 Å². The predicted octanol–water partition coefficient (Wildman–Crippen LogP) is 1.67. The topological polar surface area (TPSA) is 51.2 Å². The monoisotopic (exact) mass is 262 g/mol. The van der Waals surface area contributed by atoms with Crippen LogP contribution in [-0.4, -0.2) is 21.0 Å². The van der Waals surface area contributed by atoms with Crippen molar-refractivity contribution in [2.24, 2.45) is 0 Å². The van der Waals surface area contributed by atoms with Crippen molar-refractivity contribution in [3.63, 3.8) is 0 Å². The average molecular weight is 263 g/mol. The van der Waals surface area contributed by atoms with E-state index in [1.807, 2.05) is 0 Å². The van der Waals surface area contributed by atoms with Gasteiger partial charge in [-0.3, -0.25) is 4.79 Å². The average Bonchev–Trinajstić information content (AvgIpc) is 2.03. The van der Waals surface area contributed by atoms with Crippen LogP contribution in [0.1, 0.15) is 10.4 Å². The van der Waals surface area contributed by atoms with E-state index in [1.165, 1.54) is 12.1 Å². The van der Waals surface area contributed by atoms with Gasteiger partial charge >= 0.3 is 0 Å². The zero-order valence-electron chi connectivity index (χ0n) is 6.82. The van der Waals surface area contributed by atoms with Crippen molar-refractivity contribution in [1.82, 2.24) is 0 Å². The number of hydrogen-bond donors (Lipinski definition) is 0. The van der Waals surface area contributed by atoms with Crippen LogP contribution in [0.5, 0.6) is 0 Å². The van der Waals surface area contributed by atoms with Gasteiger partial charge in [-0.1, -0.05) is 15.9 Å². The van der Waals surface area contributed by atoms with Crippen molar-refractivity contribution in [1.29, 1.82) is 0 Å². The SMILES string of the molecule is CS(=O)(=O)c1ccc(Br)c(C=O)c1. The second-order valence-electron chi connectivity index (χ2n) is 2.57. The molecule has 0 saturated heterocycles. The highest BCUT2D eigenvalue weighted by Gasteiger charge is 2.08. The molecule has 5 heteroatoms. The molecule has 0 fully saturated rings. The van der Waals surface area contributed by atoms with Crippen molar-refractivity contribution in [2.75, 3.05) is 6.26 Å². The Morgan fingerprint density at radius 1 is 1.38 bits per heavy atom. The van der Waals surface area contributed by atoms with Crippen LogP contribution in [0.4, 0.5) is 0 Å².